The lowest BCUT2D eigenvalue weighted by Gasteiger charge is -2.14. The summed E-state index contributed by atoms with van der Waals surface area (Å²) >= 11 is 0. The van der Waals surface area contributed by atoms with E-state index in [0.29, 0.717) is 12.5 Å². The van der Waals surface area contributed by atoms with Crippen LogP contribution < -0.4 is 10.6 Å². The van der Waals surface area contributed by atoms with E-state index in [2.05, 4.69) is 10.6 Å². The van der Waals surface area contributed by atoms with Crippen molar-refractivity contribution < 1.29 is 9.18 Å². The first-order valence-corrected chi connectivity index (χ1v) is 5.85. The quantitative estimate of drug-likeness (QED) is 0.823. The number of carbonyl (C=O) groups is 1. The first kappa shape index (κ1) is 12.0. The molecule has 1 saturated heterocycles. The zero-order valence-corrected chi connectivity index (χ0v) is 10.1. The van der Waals surface area contributed by atoms with Gasteiger partial charge >= 0.3 is 0 Å². The van der Waals surface area contributed by atoms with Gasteiger partial charge in [-0.15, -0.1) is 0 Å². The molecule has 4 heteroatoms. The molecule has 1 fully saturated rings. The molecule has 0 bridgehead atoms. The van der Waals surface area contributed by atoms with Crippen molar-refractivity contribution in [1.29, 1.82) is 0 Å². The van der Waals surface area contributed by atoms with Crippen molar-refractivity contribution in [1.82, 2.24) is 5.32 Å². The van der Waals surface area contributed by atoms with Crippen LogP contribution in [0, 0.1) is 24.6 Å². The highest BCUT2D eigenvalue weighted by molar-refractivity contribution is 5.93. The van der Waals surface area contributed by atoms with Gasteiger partial charge in [-0.3, -0.25) is 4.79 Å². The fraction of sp³-hybridized carbons (Fsp3) is 0.462. The fourth-order valence-electron chi connectivity index (χ4n) is 2.11. The van der Waals surface area contributed by atoms with E-state index in [1.54, 1.807) is 12.1 Å². The molecule has 0 radical (unpaired) electrons. The highest BCUT2D eigenvalue weighted by Crippen LogP contribution is 2.20. The fourth-order valence-corrected chi connectivity index (χ4v) is 2.11. The molecule has 1 heterocycles. The molecule has 1 aromatic rings. The summed E-state index contributed by atoms with van der Waals surface area (Å²) < 4.78 is 13.6. The largest absolute Gasteiger partial charge is 0.323 e. The maximum Gasteiger partial charge on any atom is 0.229 e. The molecule has 1 amide bonds. The Morgan fingerprint density at radius 2 is 2.24 bits per heavy atom. The van der Waals surface area contributed by atoms with Crippen molar-refractivity contribution in [2.24, 2.45) is 11.8 Å². The first-order chi connectivity index (χ1) is 8.08. The average molecular weight is 236 g/mol. The highest BCUT2D eigenvalue weighted by Gasteiger charge is 2.29. The molecule has 2 N–H and O–H groups in total. The van der Waals surface area contributed by atoms with Gasteiger partial charge in [-0.05, 0) is 37.1 Å². The molecule has 3 nitrogen and oxygen atoms in total. The molecule has 0 aliphatic carbocycles. The van der Waals surface area contributed by atoms with Crippen LogP contribution in [0.3, 0.4) is 0 Å². The monoisotopic (exact) mass is 236 g/mol. The highest BCUT2D eigenvalue weighted by atomic mass is 19.1. The average Bonchev–Trinajstić information content (AvgIpc) is 2.68. The first-order valence-electron chi connectivity index (χ1n) is 5.85. The minimum atomic E-state index is -0.378. The normalized spacial score (nSPS) is 23.7. The molecular formula is C13H17FN2O. The van der Waals surface area contributed by atoms with Crippen LogP contribution in [0.25, 0.3) is 0 Å². The van der Waals surface area contributed by atoms with Crippen molar-refractivity contribution in [3.8, 4) is 0 Å². The molecule has 0 saturated carbocycles. The molecule has 2 atom stereocenters. The number of anilines is 1. The summed E-state index contributed by atoms with van der Waals surface area (Å²) in [6.07, 6.45) is 0. The van der Waals surface area contributed by atoms with Crippen LogP contribution in [-0.4, -0.2) is 19.0 Å². The number of carbonyl (C=O) groups excluding carboxylic acids is 1. The summed E-state index contributed by atoms with van der Waals surface area (Å²) in [7, 11) is 0. The van der Waals surface area contributed by atoms with Crippen LogP contribution in [-0.2, 0) is 4.79 Å². The van der Waals surface area contributed by atoms with Crippen molar-refractivity contribution in [3.05, 3.63) is 29.6 Å². The Bertz CT molecular complexity index is 433. The molecule has 0 aromatic heterocycles. The van der Waals surface area contributed by atoms with Crippen molar-refractivity contribution >= 4 is 11.6 Å². The standard InChI is InChI=1S/C13H17FN2O/c1-8-3-4-12(11(14)5-8)16-13(17)10-7-15-6-9(10)2/h3-5,9-10,15H,6-7H2,1-2H3,(H,16,17)/t9-,10-/m1/s1. The van der Waals surface area contributed by atoms with Crippen LogP contribution in [0.1, 0.15) is 12.5 Å². The predicted molar refractivity (Wildman–Crippen MR) is 65.3 cm³/mol. The third kappa shape index (κ3) is 2.64. The SMILES string of the molecule is Cc1ccc(NC(=O)[C@@H]2CNC[C@H]2C)c(F)c1. The topological polar surface area (TPSA) is 41.1 Å². The Kier molecular flexibility index (Phi) is 3.43. The zero-order chi connectivity index (χ0) is 12.4. The van der Waals surface area contributed by atoms with Crippen molar-refractivity contribution in [2.45, 2.75) is 13.8 Å². The summed E-state index contributed by atoms with van der Waals surface area (Å²) in [5.74, 6) is -0.263. The number of rotatable bonds is 2. The third-order valence-electron chi connectivity index (χ3n) is 3.24. The number of hydrogen-bond acceptors (Lipinski definition) is 2. The Balaban J connectivity index is 2.07. The summed E-state index contributed by atoms with van der Waals surface area (Å²) in [4.78, 5) is 11.9. The van der Waals surface area contributed by atoms with E-state index in [1.165, 1.54) is 6.07 Å². The van der Waals surface area contributed by atoms with E-state index < -0.39 is 0 Å². The lowest BCUT2D eigenvalue weighted by atomic mass is 9.97. The minimum Gasteiger partial charge on any atom is -0.323 e. The molecule has 1 aliphatic heterocycles. The van der Waals surface area contributed by atoms with Gasteiger partial charge in [0.15, 0.2) is 0 Å². The number of benzene rings is 1. The zero-order valence-electron chi connectivity index (χ0n) is 10.1. The minimum absolute atomic E-state index is 0.0734. The van der Waals surface area contributed by atoms with Gasteiger partial charge in [0.05, 0.1) is 11.6 Å². The van der Waals surface area contributed by atoms with E-state index in [-0.39, 0.29) is 23.3 Å². The second kappa shape index (κ2) is 4.84. The second-order valence-corrected chi connectivity index (χ2v) is 4.71. The van der Waals surface area contributed by atoms with Crippen LogP contribution in [0.2, 0.25) is 0 Å². The Morgan fingerprint density at radius 3 is 2.82 bits per heavy atom. The lowest BCUT2D eigenvalue weighted by molar-refractivity contribution is -0.120. The number of aryl methyl sites for hydroxylation is 1. The van der Waals surface area contributed by atoms with Gasteiger partial charge in [0.1, 0.15) is 5.82 Å². The smallest absolute Gasteiger partial charge is 0.229 e. The molecule has 1 aliphatic rings. The lowest BCUT2D eigenvalue weighted by Crippen LogP contribution is -2.28. The van der Waals surface area contributed by atoms with E-state index >= 15 is 0 Å². The van der Waals surface area contributed by atoms with Gasteiger partial charge in [-0.2, -0.15) is 0 Å². The number of hydrogen-bond donors (Lipinski definition) is 2. The Morgan fingerprint density at radius 1 is 1.47 bits per heavy atom. The number of nitrogens with one attached hydrogen (secondary N) is 2. The molecule has 92 valence electrons. The van der Waals surface area contributed by atoms with Crippen LogP contribution in [0.4, 0.5) is 10.1 Å². The maximum absolute atomic E-state index is 13.6. The molecular weight excluding hydrogens is 219 g/mol. The van der Waals surface area contributed by atoms with Crippen LogP contribution in [0.5, 0.6) is 0 Å². The summed E-state index contributed by atoms with van der Waals surface area (Å²) in [6, 6.07) is 4.82. The number of halogens is 1. The summed E-state index contributed by atoms with van der Waals surface area (Å²) in [5, 5.41) is 5.81. The molecule has 0 unspecified atom stereocenters. The molecule has 0 spiro atoms. The van der Waals surface area contributed by atoms with Crippen LogP contribution in [0.15, 0.2) is 18.2 Å². The maximum atomic E-state index is 13.6. The van der Waals surface area contributed by atoms with Gasteiger partial charge in [0, 0.05) is 6.54 Å². The Hall–Kier alpha value is -1.42. The van der Waals surface area contributed by atoms with E-state index in [1.807, 2.05) is 13.8 Å². The van der Waals surface area contributed by atoms with E-state index in [4.69, 9.17) is 0 Å². The van der Waals surface area contributed by atoms with E-state index in [0.717, 1.165) is 12.1 Å². The molecule has 2 rings (SSSR count). The molecule has 17 heavy (non-hydrogen) atoms. The van der Waals surface area contributed by atoms with Gasteiger partial charge < -0.3 is 10.6 Å². The van der Waals surface area contributed by atoms with Gasteiger partial charge in [-0.25, -0.2) is 4.39 Å². The summed E-state index contributed by atoms with van der Waals surface area (Å²) in [5.41, 5.74) is 1.11. The van der Waals surface area contributed by atoms with E-state index in [9.17, 15) is 9.18 Å². The van der Waals surface area contributed by atoms with Gasteiger partial charge in [0.25, 0.3) is 0 Å². The van der Waals surface area contributed by atoms with Crippen LogP contribution >= 0.6 is 0 Å². The van der Waals surface area contributed by atoms with Gasteiger partial charge in [0.2, 0.25) is 5.91 Å². The van der Waals surface area contributed by atoms with Crippen molar-refractivity contribution in [2.75, 3.05) is 18.4 Å². The Labute approximate surface area is 100 Å². The second-order valence-electron chi connectivity index (χ2n) is 4.71. The summed E-state index contributed by atoms with van der Waals surface area (Å²) in [6.45, 7) is 5.35. The van der Waals surface area contributed by atoms with Gasteiger partial charge in [-0.1, -0.05) is 13.0 Å². The van der Waals surface area contributed by atoms with Crippen molar-refractivity contribution in [3.63, 3.8) is 0 Å². The predicted octanol–water partition coefficient (Wildman–Crippen LogP) is 1.93. The number of amides is 1. The molecule has 1 aromatic carbocycles. The third-order valence-corrected chi connectivity index (χ3v) is 3.24.